The predicted octanol–water partition coefficient (Wildman–Crippen LogP) is 2.43. The van der Waals surface area contributed by atoms with Gasteiger partial charge in [-0.3, -0.25) is 14.6 Å². The number of esters is 3. The van der Waals surface area contributed by atoms with Gasteiger partial charge < -0.3 is 29.2 Å². The molecule has 0 unspecified atom stereocenters. The van der Waals surface area contributed by atoms with Crippen LogP contribution in [0.2, 0.25) is 0 Å². The van der Waals surface area contributed by atoms with Gasteiger partial charge in [0.05, 0.1) is 28.8 Å². The zero-order chi connectivity index (χ0) is 31.2. The number of rotatable bonds is 7. The molecule has 2 saturated carbocycles. The number of carbonyl (C=O) groups excluding carboxylic acids is 4. The van der Waals surface area contributed by atoms with Crippen molar-refractivity contribution < 1.29 is 48.3 Å². The molecule has 3 aliphatic rings. The van der Waals surface area contributed by atoms with Gasteiger partial charge in [0.15, 0.2) is 11.9 Å². The van der Waals surface area contributed by atoms with Crippen LogP contribution in [0.1, 0.15) is 56.5 Å². The van der Waals surface area contributed by atoms with Gasteiger partial charge in [-0.1, -0.05) is 30.3 Å². The molecule has 2 bridgehead atoms. The van der Waals surface area contributed by atoms with Crippen LogP contribution in [0.5, 0.6) is 0 Å². The van der Waals surface area contributed by atoms with Crippen LogP contribution in [0.3, 0.4) is 0 Å². The van der Waals surface area contributed by atoms with Crippen molar-refractivity contribution in [2.45, 2.75) is 75.7 Å². The van der Waals surface area contributed by atoms with Gasteiger partial charge in [-0.05, 0) is 57.4 Å². The third kappa shape index (κ3) is 4.85. The summed E-state index contributed by atoms with van der Waals surface area (Å²) in [6, 6.07) is 12.0. The van der Waals surface area contributed by atoms with Gasteiger partial charge in [0.2, 0.25) is 0 Å². The molecular formula is C32H35NO10. The molecule has 5 rings (SSSR count). The van der Waals surface area contributed by atoms with Crippen LogP contribution >= 0.6 is 0 Å². The second-order valence-electron chi connectivity index (χ2n) is 12.1. The van der Waals surface area contributed by atoms with E-state index in [1.807, 2.05) is 6.07 Å². The average molecular weight is 594 g/mol. The van der Waals surface area contributed by atoms with E-state index in [-0.39, 0.29) is 18.4 Å². The minimum absolute atomic E-state index is 0.0213. The van der Waals surface area contributed by atoms with Gasteiger partial charge in [-0.25, -0.2) is 9.59 Å². The van der Waals surface area contributed by atoms with Crippen molar-refractivity contribution in [1.82, 2.24) is 4.98 Å². The normalized spacial score (nSPS) is 34.3. The van der Waals surface area contributed by atoms with Crippen LogP contribution in [-0.2, 0) is 33.3 Å². The fourth-order valence-electron chi connectivity index (χ4n) is 7.22. The molecule has 1 aromatic carbocycles. The standard InChI is InChI=1S/C32H35NO10/c1-19(34)40-18-31-22(41-23(35)13-12-20-9-6-5-7-10-20)14-15-30(4,39)32(31)26(37)24(29(2,3)43-32)25(36)27(31)42-28(38)21-11-8-16-33-17-21/h5-13,16-17,22,24,26-27,37,39H,14-15,18H2,1-4H3/t22-,24+,26+,27+,30-,31-,32-/m0/s1. The summed E-state index contributed by atoms with van der Waals surface area (Å²) in [5, 5.41) is 23.9. The van der Waals surface area contributed by atoms with Crippen LogP contribution < -0.4 is 0 Å². The van der Waals surface area contributed by atoms with E-state index in [2.05, 4.69) is 4.98 Å². The Kier molecular flexibility index (Phi) is 7.78. The molecule has 228 valence electrons. The summed E-state index contributed by atoms with van der Waals surface area (Å²) >= 11 is 0. The molecule has 2 heterocycles. The first-order valence-corrected chi connectivity index (χ1v) is 14.1. The molecule has 1 spiro atoms. The lowest BCUT2D eigenvalue weighted by atomic mass is 9.46. The molecule has 1 saturated heterocycles. The largest absolute Gasteiger partial charge is 0.465 e. The molecule has 11 heteroatoms. The molecule has 11 nitrogen and oxygen atoms in total. The first kappa shape index (κ1) is 30.5. The Bertz CT molecular complexity index is 1440. The Hall–Kier alpha value is -3.93. The van der Waals surface area contributed by atoms with E-state index in [0.717, 1.165) is 12.5 Å². The van der Waals surface area contributed by atoms with E-state index in [1.165, 1.54) is 37.5 Å². The van der Waals surface area contributed by atoms with Crippen molar-refractivity contribution in [2.75, 3.05) is 6.61 Å². The molecule has 1 aliphatic heterocycles. The highest BCUT2D eigenvalue weighted by molar-refractivity contribution is 5.96. The van der Waals surface area contributed by atoms with Crippen molar-refractivity contribution in [3.63, 3.8) is 0 Å². The molecule has 2 aromatic rings. The number of carbonyl (C=O) groups is 4. The highest BCUT2D eigenvalue weighted by atomic mass is 16.6. The van der Waals surface area contributed by atoms with Crippen LogP contribution in [0.4, 0.5) is 0 Å². The summed E-state index contributed by atoms with van der Waals surface area (Å²) in [6.45, 7) is 5.09. The highest BCUT2D eigenvalue weighted by Crippen LogP contribution is 2.67. The van der Waals surface area contributed by atoms with Crippen LogP contribution in [0.15, 0.2) is 60.9 Å². The summed E-state index contributed by atoms with van der Waals surface area (Å²) in [6.07, 6.45) is 0.729. The number of benzene rings is 1. The van der Waals surface area contributed by atoms with Gasteiger partial charge in [0, 0.05) is 25.4 Å². The maximum Gasteiger partial charge on any atom is 0.340 e. The van der Waals surface area contributed by atoms with Crippen LogP contribution in [0.25, 0.3) is 6.08 Å². The molecular weight excluding hydrogens is 558 g/mol. The number of Topliss-reactive ketones (excluding diaryl/α,β-unsaturated/α-hetero) is 1. The summed E-state index contributed by atoms with van der Waals surface area (Å²) in [7, 11) is 0. The number of pyridine rings is 1. The summed E-state index contributed by atoms with van der Waals surface area (Å²) in [4.78, 5) is 57.2. The van der Waals surface area contributed by atoms with Gasteiger partial charge in [0.1, 0.15) is 23.7 Å². The lowest BCUT2D eigenvalue weighted by Crippen LogP contribution is -2.82. The number of hydrogen-bond acceptors (Lipinski definition) is 11. The Morgan fingerprint density at radius 3 is 2.47 bits per heavy atom. The van der Waals surface area contributed by atoms with E-state index in [9.17, 15) is 29.4 Å². The minimum atomic E-state index is -2.07. The maximum absolute atomic E-state index is 14.3. The SMILES string of the molecule is CC(=O)OC[C@@]12[C@@H](OC(=O)C=Cc3ccccc3)CC[C@](C)(O)[C@]13OC(C)(C)[C@H](C(=O)[C@H]2OC(=O)c1cccnc1)[C@H]3O. The van der Waals surface area contributed by atoms with Gasteiger partial charge in [-0.2, -0.15) is 0 Å². The topological polar surface area (TPSA) is 159 Å². The average Bonchev–Trinajstić information content (AvgIpc) is 3.15. The molecule has 2 N–H and O–H groups in total. The van der Waals surface area contributed by atoms with Gasteiger partial charge in [0.25, 0.3) is 0 Å². The van der Waals surface area contributed by atoms with Crippen molar-refractivity contribution in [3.05, 3.63) is 72.1 Å². The number of aliphatic hydroxyl groups excluding tert-OH is 1. The lowest BCUT2D eigenvalue weighted by molar-refractivity contribution is -0.334. The molecule has 0 radical (unpaired) electrons. The monoisotopic (exact) mass is 593 g/mol. The van der Waals surface area contributed by atoms with Gasteiger partial charge >= 0.3 is 17.9 Å². The van der Waals surface area contributed by atoms with E-state index in [1.54, 1.807) is 44.2 Å². The van der Waals surface area contributed by atoms with Crippen LogP contribution in [-0.4, -0.2) is 80.6 Å². The van der Waals surface area contributed by atoms with E-state index in [4.69, 9.17) is 18.9 Å². The molecule has 43 heavy (non-hydrogen) atoms. The van der Waals surface area contributed by atoms with Crippen molar-refractivity contribution in [2.24, 2.45) is 11.3 Å². The summed E-state index contributed by atoms with van der Waals surface area (Å²) in [5.74, 6) is -4.41. The van der Waals surface area contributed by atoms with Crippen molar-refractivity contribution >= 4 is 29.8 Å². The summed E-state index contributed by atoms with van der Waals surface area (Å²) < 4.78 is 23.9. The molecule has 3 fully saturated rings. The Morgan fingerprint density at radius 2 is 1.81 bits per heavy atom. The molecule has 7 atom stereocenters. The number of ketones is 1. The number of aromatic nitrogens is 1. The Labute approximate surface area is 248 Å². The first-order chi connectivity index (χ1) is 20.3. The zero-order valence-electron chi connectivity index (χ0n) is 24.4. The number of nitrogens with zero attached hydrogens (tertiary/aromatic N) is 1. The number of aliphatic hydroxyl groups is 2. The van der Waals surface area contributed by atoms with Gasteiger partial charge in [-0.15, -0.1) is 0 Å². The smallest absolute Gasteiger partial charge is 0.340 e. The van der Waals surface area contributed by atoms with E-state index < -0.39 is 76.7 Å². The lowest BCUT2D eigenvalue weighted by Gasteiger charge is -2.63. The quantitative estimate of drug-likeness (QED) is 0.276. The minimum Gasteiger partial charge on any atom is -0.465 e. The maximum atomic E-state index is 14.3. The third-order valence-electron chi connectivity index (χ3n) is 9.00. The zero-order valence-corrected chi connectivity index (χ0v) is 24.4. The fraction of sp³-hybridized carbons (Fsp3) is 0.469. The number of ether oxygens (including phenoxy) is 4. The fourth-order valence-corrected chi connectivity index (χ4v) is 7.22. The first-order valence-electron chi connectivity index (χ1n) is 14.1. The van der Waals surface area contributed by atoms with Crippen molar-refractivity contribution in [1.29, 1.82) is 0 Å². The second-order valence-corrected chi connectivity index (χ2v) is 12.1. The Balaban J connectivity index is 1.67. The van der Waals surface area contributed by atoms with E-state index in [0.29, 0.717) is 0 Å². The molecule has 1 aromatic heterocycles. The third-order valence-corrected chi connectivity index (χ3v) is 9.00. The van der Waals surface area contributed by atoms with E-state index >= 15 is 0 Å². The summed E-state index contributed by atoms with van der Waals surface area (Å²) in [5.41, 5.74) is -6.55. The highest BCUT2D eigenvalue weighted by Gasteiger charge is 2.85. The van der Waals surface area contributed by atoms with Crippen molar-refractivity contribution in [3.8, 4) is 0 Å². The Morgan fingerprint density at radius 1 is 1.09 bits per heavy atom. The molecule has 0 amide bonds. The second kappa shape index (κ2) is 11.0. The number of fused-ring (bicyclic) bond motifs is 1. The van der Waals surface area contributed by atoms with Crippen LogP contribution in [0, 0.1) is 11.3 Å². The molecule has 2 aliphatic carbocycles. The number of hydrogen-bond donors (Lipinski definition) is 2. The predicted molar refractivity (Wildman–Crippen MR) is 150 cm³/mol.